The van der Waals surface area contributed by atoms with Crippen LogP contribution in [0.3, 0.4) is 0 Å². The third-order valence-corrected chi connectivity index (χ3v) is 6.95. The molecule has 0 aliphatic heterocycles. The Bertz CT molecular complexity index is 1200. The lowest BCUT2D eigenvalue weighted by Gasteiger charge is -2.21. The molecule has 0 spiro atoms. The van der Waals surface area contributed by atoms with Gasteiger partial charge in [0.1, 0.15) is 5.56 Å². The Labute approximate surface area is 182 Å². The lowest BCUT2D eigenvalue weighted by molar-refractivity contribution is 0.0754. The van der Waals surface area contributed by atoms with Crippen molar-refractivity contribution in [2.45, 2.75) is 63.6 Å². The van der Waals surface area contributed by atoms with Crippen molar-refractivity contribution in [2.24, 2.45) is 11.1 Å². The first-order chi connectivity index (χ1) is 14.4. The number of nitrogens with one attached hydrogen (secondary N) is 1. The third-order valence-electron chi connectivity index (χ3n) is 6.13. The molecule has 1 heterocycles. The van der Waals surface area contributed by atoms with E-state index in [0.717, 1.165) is 60.6 Å². The monoisotopic (exact) mass is 444 g/mol. The Morgan fingerprint density at radius 3 is 2.55 bits per heavy atom. The van der Waals surface area contributed by atoms with E-state index >= 15 is 0 Å². The largest absolute Gasteiger partial charge is 0.451 e. The molecule has 0 unspecified atom stereocenters. The van der Waals surface area contributed by atoms with E-state index in [4.69, 9.17) is 9.56 Å². The minimum atomic E-state index is -4.32. The topological polar surface area (TPSA) is 123 Å². The molecule has 0 atom stereocenters. The van der Waals surface area contributed by atoms with Gasteiger partial charge in [-0.05, 0) is 81.1 Å². The normalized spacial score (nSPS) is 16.3. The van der Waals surface area contributed by atoms with Gasteiger partial charge < -0.3 is 14.8 Å². The molecule has 2 aliphatic carbocycles. The first-order valence-electron chi connectivity index (χ1n) is 10.4. The van der Waals surface area contributed by atoms with Gasteiger partial charge in [0.25, 0.3) is 15.9 Å². The number of aryl methyl sites for hydroxylation is 2. The second-order valence-electron chi connectivity index (χ2n) is 9.10. The van der Waals surface area contributed by atoms with Crippen LogP contribution in [0, 0.1) is 12.8 Å². The summed E-state index contributed by atoms with van der Waals surface area (Å²) in [6.07, 6.45) is 5.95. The Balaban J connectivity index is 1.86. The molecule has 2 aliphatic rings. The molecule has 1 aromatic carbocycles. The summed E-state index contributed by atoms with van der Waals surface area (Å²) in [5, 5.41) is 18.1. The van der Waals surface area contributed by atoms with Crippen LogP contribution in [0.5, 0.6) is 0 Å². The van der Waals surface area contributed by atoms with Gasteiger partial charge in [0, 0.05) is 11.1 Å². The van der Waals surface area contributed by atoms with E-state index in [1.54, 1.807) is 0 Å². The highest BCUT2D eigenvalue weighted by Crippen LogP contribution is 2.47. The third kappa shape index (κ3) is 3.95. The molecule has 0 saturated heterocycles. The van der Waals surface area contributed by atoms with Crippen molar-refractivity contribution in [2.75, 3.05) is 5.32 Å². The molecule has 1 saturated carbocycles. The highest BCUT2D eigenvalue weighted by atomic mass is 32.2. The first kappa shape index (κ1) is 21.8. The number of hydrogen-bond acceptors (Lipinski definition) is 5. The van der Waals surface area contributed by atoms with Crippen molar-refractivity contribution in [3.63, 3.8) is 0 Å². The van der Waals surface area contributed by atoms with Gasteiger partial charge in [0.15, 0.2) is 0 Å². The van der Waals surface area contributed by atoms with Crippen molar-refractivity contribution < 1.29 is 22.7 Å². The molecule has 1 amide bonds. The van der Waals surface area contributed by atoms with Gasteiger partial charge in [-0.1, -0.05) is 12.6 Å². The first-order valence-corrected chi connectivity index (χ1v) is 12.0. The molecule has 0 bridgehead atoms. The zero-order valence-electron chi connectivity index (χ0n) is 18.0. The summed E-state index contributed by atoms with van der Waals surface area (Å²) in [7, 11) is -4.32. The van der Waals surface area contributed by atoms with Crippen LogP contribution in [0.15, 0.2) is 28.4 Å². The highest BCUT2D eigenvalue weighted by Gasteiger charge is 2.36. The predicted octanol–water partition coefficient (Wildman–Crippen LogP) is 3.63. The number of primary sulfonamides is 1. The minimum Gasteiger partial charge on any atom is -0.451 e. The van der Waals surface area contributed by atoms with Crippen molar-refractivity contribution >= 4 is 27.2 Å². The fourth-order valence-electron chi connectivity index (χ4n) is 4.47. The van der Waals surface area contributed by atoms with Gasteiger partial charge >= 0.3 is 0 Å². The summed E-state index contributed by atoms with van der Waals surface area (Å²) in [5.41, 5.74) is 4.14. The Kier molecular flexibility index (Phi) is 5.15. The standard InChI is InChI=1S/C23H28N2O5S/c1-12-10-15-6-5-7-16(15)20(18(12)13(2)14-8-9-14)25-21(26)19-17(23(3,4)27)11-30-22(19)31(24,28)29/h10-11,14,27H,2,5-9H2,1,3-4H3,(H,25,26)(H2,24,28,29). The SMILES string of the molecule is C=C(c1c(C)cc2c(c1NC(=O)c1c(C(C)(C)O)coc1S(N)(=O)=O)CCC2)C1CC1. The number of furan rings is 1. The Hall–Kier alpha value is -2.42. The van der Waals surface area contributed by atoms with Crippen molar-refractivity contribution in [1.29, 1.82) is 0 Å². The number of benzene rings is 1. The number of nitrogens with two attached hydrogens (primary N) is 1. The van der Waals surface area contributed by atoms with E-state index < -0.39 is 26.6 Å². The van der Waals surface area contributed by atoms with Gasteiger partial charge in [-0.15, -0.1) is 0 Å². The van der Waals surface area contributed by atoms with Crippen LogP contribution in [-0.2, 0) is 28.5 Å². The van der Waals surface area contributed by atoms with Crippen LogP contribution < -0.4 is 10.5 Å². The molecule has 1 fully saturated rings. The number of allylic oxidation sites excluding steroid dienone is 1. The van der Waals surface area contributed by atoms with E-state index in [2.05, 4.69) is 18.0 Å². The molecule has 31 heavy (non-hydrogen) atoms. The van der Waals surface area contributed by atoms with Gasteiger partial charge in [-0.2, -0.15) is 0 Å². The Morgan fingerprint density at radius 1 is 1.29 bits per heavy atom. The molecular weight excluding hydrogens is 416 g/mol. The average Bonchev–Trinajstić information content (AvgIpc) is 3.20. The second kappa shape index (κ2) is 7.32. The number of sulfonamides is 1. The zero-order chi connectivity index (χ0) is 22.7. The molecule has 1 aromatic heterocycles. The van der Waals surface area contributed by atoms with Crippen LogP contribution in [0.2, 0.25) is 0 Å². The van der Waals surface area contributed by atoms with Crippen LogP contribution >= 0.6 is 0 Å². The van der Waals surface area contributed by atoms with Crippen molar-refractivity contribution in [1.82, 2.24) is 0 Å². The number of amides is 1. The highest BCUT2D eigenvalue weighted by molar-refractivity contribution is 7.89. The van der Waals surface area contributed by atoms with E-state index in [0.29, 0.717) is 11.6 Å². The van der Waals surface area contributed by atoms with Crippen molar-refractivity contribution in [3.05, 3.63) is 52.3 Å². The van der Waals surface area contributed by atoms with Gasteiger partial charge in [-0.25, -0.2) is 13.6 Å². The molecule has 4 rings (SSSR count). The van der Waals surface area contributed by atoms with Crippen LogP contribution in [-0.4, -0.2) is 19.4 Å². The minimum absolute atomic E-state index is 0.0564. The predicted molar refractivity (Wildman–Crippen MR) is 118 cm³/mol. The van der Waals surface area contributed by atoms with Crippen LogP contribution in [0.1, 0.15) is 71.3 Å². The smallest absolute Gasteiger partial charge is 0.272 e. The number of hydrogen-bond donors (Lipinski definition) is 3. The fourth-order valence-corrected chi connectivity index (χ4v) is 5.14. The summed E-state index contributed by atoms with van der Waals surface area (Å²) < 4.78 is 29.3. The van der Waals surface area contributed by atoms with Gasteiger partial charge in [0.2, 0.25) is 5.09 Å². The number of carbonyl (C=O) groups excluding carboxylic acids is 1. The fraction of sp³-hybridized carbons (Fsp3) is 0.435. The van der Waals surface area contributed by atoms with E-state index in [1.807, 2.05) is 6.92 Å². The van der Waals surface area contributed by atoms with Crippen molar-refractivity contribution in [3.8, 4) is 0 Å². The molecule has 0 radical (unpaired) electrons. The lowest BCUT2D eigenvalue weighted by Crippen LogP contribution is -2.25. The maximum atomic E-state index is 13.4. The number of fused-ring (bicyclic) bond motifs is 1. The summed E-state index contributed by atoms with van der Waals surface area (Å²) in [5.74, 6) is -0.283. The molecule has 166 valence electrons. The maximum Gasteiger partial charge on any atom is 0.272 e. The quantitative estimate of drug-likeness (QED) is 0.628. The maximum absolute atomic E-state index is 13.4. The van der Waals surface area contributed by atoms with E-state index in [-0.39, 0.29) is 11.1 Å². The Morgan fingerprint density at radius 2 is 1.97 bits per heavy atom. The number of carbonyl (C=O) groups is 1. The van der Waals surface area contributed by atoms with Crippen LogP contribution in [0.25, 0.3) is 5.57 Å². The summed E-state index contributed by atoms with van der Waals surface area (Å²) in [6.45, 7) is 9.20. The average molecular weight is 445 g/mol. The number of anilines is 1. The molecule has 4 N–H and O–H groups in total. The van der Waals surface area contributed by atoms with Gasteiger partial charge in [-0.3, -0.25) is 4.79 Å². The summed E-state index contributed by atoms with van der Waals surface area (Å²) in [6, 6.07) is 2.16. The molecular formula is C23H28N2O5S. The summed E-state index contributed by atoms with van der Waals surface area (Å²) >= 11 is 0. The zero-order valence-corrected chi connectivity index (χ0v) is 18.9. The molecule has 2 aromatic rings. The lowest BCUT2D eigenvalue weighted by atomic mass is 9.90. The van der Waals surface area contributed by atoms with E-state index in [9.17, 15) is 18.3 Å². The van der Waals surface area contributed by atoms with E-state index in [1.165, 1.54) is 19.4 Å². The number of aliphatic hydroxyl groups is 1. The summed E-state index contributed by atoms with van der Waals surface area (Å²) in [4.78, 5) is 13.4. The molecule has 8 heteroatoms. The van der Waals surface area contributed by atoms with Crippen LogP contribution in [0.4, 0.5) is 5.69 Å². The van der Waals surface area contributed by atoms with Gasteiger partial charge in [0.05, 0.1) is 17.6 Å². The second-order valence-corrected chi connectivity index (χ2v) is 10.6. The molecule has 7 nitrogen and oxygen atoms in total. The number of rotatable bonds is 6.